The molecule has 0 aromatic heterocycles. The minimum atomic E-state index is -0.107. The molecule has 0 amide bonds. The number of hydrogen-bond acceptors (Lipinski definition) is 2. The number of nitrogens with zero attached hydrogens (tertiary/aromatic N) is 1. The van der Waals surface area contributed by atoms with Crippen LogP contribution in [-0.2, 0) is 4.94 Å². The van der Waals surface area contributed by atoms with Crippen LogP contribution in [0.5, 0.6) is 0 Å². The van der Waals surface area contributed by atoms with Gasteiger partial charge in [0, 0.05) is 6.04 Å². The molecule has 1 heterocycles. The van der Waals surface area contributed by atoms with Crippen molar-refractivity contribution in [2.75, 3.05) is 13.1 Å². The Kier molecular flexibility index (Phi) is 2.84. The Labute approximate surface area is 79.0 Å². The third kappa shape index (κ3) is 2.02. The Hall–Kier alpha value is -0.150. The van der Waals surface area contributed by atoms with Crippen LogP contribution in [0.1, 0.15) is 32.6 Å². The molecule has 0 bridgehead atoms. The maximum absolute atomic E-state index is 11.7. The Morgan fingerprint density at radius 3 is 2.38 bits per heavy atom. The number of halogens is 1. The van der Waals surface area contributed by atoms with Crippen molar-refractivity contribution in [2.45, 2.75) is 44.8 Å². The van der Waals surface area contributed by atoms with E-state index < -0.39 is 0 Å². The van der Waals surface area contributed by atoms with E-state index in [1.807, 2.05) is 0 Å². The minimum absolute atomic E-state index is 0.107. The summed E-state index contributed by atoms with van der Waals surface area (Å²) >= 11 is 0. The van der Waals surface area contributed by atoms with E-state index in [9.17, 15) is 4.53 Å². The van der Waals surface area contributed by atoms with Crippen LogP contribution in [0.4, 0.5) is 4.53 Å². The molecule has 2 nitrogen and oxygen atoms in total. The summed E-state index contributed by atoms with van der Waals surface area (Å²) in [5.74, 6) is 0.879. The van der Waals surface area contributed by atoms with Crippen LogP contribution in [0.2, 0.25) is 0 Å². The van der Waals surface area contributed by atoms with E-state index >= 15 is 0 Å². The number of likely N-dealkylation sites (tertiary alicyclic amines) is 1. The zero-order valence-corrected chi connectivity index (χ0v) is 8.21. The van der Waals surface area contributed by atoms with Gasteiger partial charge in [-0.05, 0) is 49.2 Å². The number of piperidine rings is 1. The van der Waals surface area contributed by atoms with Crippen LogP contribution in [0, 0.1) is 5.92 Å². The molecule has 0 aromatic carbocycles. The molecule has 1 aliphatic heterocycles. The Morgan fingerprint density at radius 1 is 1.23 bits per heavy atom. The van der Waals surface area contributed by atoms with E-state index in [1.165, 1.54) is 25.9 Å². The lowest BCUT2D eigenvalue weighted by Gasteiger charge is -2.43. The fourth-order valence-corrected chi connectivity index (χ4v) is 2.30. The smallest absolute Gasteiger partial charge is 0.101 e. The highest BCUT2D eigenvalue weighted by molar-refractivity contribution is 4.89. The zero-order valence-electron chi connectivity index (χ0n) is 8.21. The molecule has 0 N–H and O–H groups in total. The van der Waals surface area contributed by atoms with E-state index in [0.717, 1.165) is 18.8 Å². The van der Waals surface area contributed by atoms with Gasteiger partial charge < -0.3 is 4.90 Å². The van der Waals surface area contributed by atoms with Crippen LogP contribution >= 0.6 is 0 Å². The van der Waals surface area contributed by atoms with Crippen LogP contribution in [0.3, 0.4) is 0 Å². The second-order valence-electron chi connectivity index (χ2n) is 4.55. The lowest BCUT2D eigenvalue weighted by Crippen LogP contribution is -2.50. The van der Waals surface area contributed by atoms with E-state index in [2.05, 4.69) is 16.8 Å². The zero-order chi connectivity index (χ0) is 9.26. The largest absolute Gasteiger partial charge is 0.300 e. The first-order chi connectivity index (χ1) is 6.29. The summed E-state index contributed by atoms with van der Waals surface area (Å²) in [6.07, 6.45) is 4.29. The molecule has 1 aliphatic carbocycles. The van der Waals surface area contributed by atoms with E-state index in [0.29, 0.717) is 6.04 Å². The van der Waals surface area contributed by atoms with Crippen molar-refractivity contribution < 1.29 is 9.47 Å². The van der Waals surface area contributed by atoms with Gasteiger partial charge in [0.25, 0.3) is 0 Å². The Bertz CT molecular complexity index is 162. The average molecular weight is 187 g/mol. The minimum Gasteiger partial charge on any atom is -0.300 e. The van der Waals surface area contributed by atoms with Gasteiger partial charge in [-0.1, -0.05) is 6.92 Å². The molecule has 0 aromatic rings. The standard InChI is InChI=1S/C10H18FNO/c1-8-2-4-12(5-3-8)9-6-10(7-9)13-11/h8-10H,2-7H2,1H3. The first-order valence-electron chi connectivity index (χ1n) is 5.31. The molecule has 1 saturated carbocycles. The first-order valence-corrected chi connectivity index (χ1v) is 5.31. The van der Waals surface area contributed by atoms with Crippen molar-refractivity contribution in [1.29, 1.82) is 0 Å². The van der Waals surface area contributed by atoms with Crippen LogP contribution < -0.4 is 0 Å². The van der Waals surface area contributed by atoms with E-state index in [4.69, 9.17) is 0 Å². The normalized spacial score (nSPS) is 37.4. The molecule has 1 saturated heterocycles. The third-order valence-electron chi connectivity index (χ3n) is 3.53. The van der Waals surface area contributed by atoms with Crippen molar-refractivity contribution in [1.82, 2.24) is 4.90 Å². The molecular formula is C10H18FNO. The summed E-state index contributed by atoms with van der Waals surface area (Å²) in [5.41, 5.74) is 0. The molecule has 0 atom stereocenters. The number of hydrogen-bond donors (Lipinski definition) is 0. The Morgan fingerprint density at radius 2 is 1.85 bits per heavy atom. The van der Waals surface area contributed by atoms with Gasteiger partial charge >= 0.3 is 0 Å². The van der Waals surface area contributed by atoms with Gasteiger partial charge in [0.05, 0.1) is 0 Å². The SMILES string of the molecule is CC1CCN(C2CC(OF)C2)CC1. The molecule has 0 unspecified atom stereocenters. The summed E-state index contributed by atoms with van der Waals surface area (Å²) in [4.78, 5) is 6.30. The van der Waals surface area contributed by atoms with Gasteiger partial charge in [-0.2, -0.15) is 4.94 Å². The van der Waals surface area contributed by atoms with Crippen LogP contribution in [0.25, 0.3) is 0 Å². The average Bonchev–Trinajstić information content (AvgIpc) is 2.06. The fraction of sp³-hybridized carbons (Fsp3) is 1.00. The lowest BCUT2D eigenvalue weighted by atomic mass is 9.86. The summed E-state index contributed by atoms with van der Waals surface area (Å²) in [5, 5.41) is 0. The maximum Gasteiger partial charge on any atom is 0.101 e. The molecule has 2 aliphatic rings. The summed E-state index contributed by atoms with van der Waals surface area (Å²) < 4.78 is 11.7. The quantitative estimate of drug-likeness (QED) is 0.656. The highest BCUT2D eigenvalue weighted by Crippen LogP contribution is 2.31. The first kappa shape index (κ1) is 9.41. The molecule has 0 spiro atoms. The highest BCUT2D eigenvalue weighted by Gasteiger charge is 2.36. The highest BCUT2D eigenvalue weighted by atomic mass is 19.3. The molecule has 2 rings (SSSR count). The van der Waals surface area contributed by atoms with Gasteiger partial charge in [-0.25, -0.2) is 0 Å². The summed E-state index contributed by atoms with van der Waals surface area (Å²) in [7, 11) is 0. The van der Waals surface area contributed by atoms with Crippen molar-refractivity contribution in [3.63, 3.8) is 0 Å². The molecular weight excluding hydrogens is 169 g/mol. The van der Waals surface area contributed by atoms with Crippen LogP contribution in [0.15, 0.2) is 0 Å². The lowest BCUT2D eigenvalue weighted by molar-refractivity contribution is -0.216. The van der Waals surface area contributed by atoms with Crippen LogP contribution in [-0.4, -0.2) is 30.1 Å². The van der Waals surface area contributed by atoms with Crippen molar-refractivity contribution in [3.8, 4) is 0 Å². The molecule has 13 heavy (non-hydrogen) atoms. The monoisotopic (exact) mass is 187 g/mol. The second-order valence-corrected chi connectivity index (χ2v) is 4.55. The molecule has 76 valence electrons. The fourth-order valence-electron chi connectivity index (χ4n) is 2.30. The van der Waals surface area contributed by atoms with E-state index in [-0.39, 0.29) is 6.10 Å². The predicted molar refractivity (Wildman–Crippen MR) is 49.0 cm³/mol. The molecule has 3 heteroatoms. The van der Waals surface area contributed by atoms with Crippen molar-refractivity contribution in [3.05, 3.63) is 0 Å². The second kappa shape index (κ2) is 3.93. The number of rotatable bonds is 2. The topological polar surface area (TPSA) is 12.5 Å². The van der Waals surface area contributed by atoms with Gasteiger partial charge in [0.2, 0.25) is 0 Å². The Balaban J connectivity index is 1.71. The van der Waals surface area contributed by atoms with Gasteiger partial charge in [0.15, 0.2) is 0 Å². The summed E-state index contributed by atoms with van der Waals surface area (Å²) in [6.45, 7) is 4.71. The van der Waals surface area contributed by atoms with Crippen molar-refractivity contribution in [2.24, 2.45) is 5.92 Å². The predicted octanol–water partition coefficient (Wildman–Crippen LogP) is 2.15. The third-order valence-corrected chi connectivity index (χ3v) is 3.53. The molecule has 2 fully saturated rings. The van der Waals surface area contributed by atoms with Gasteiger partial charge in [-0.15, -0.1) is 0 Å². The van der Waals surface area contributed by atoms with Gasteiger partial charge in [-0.3, -0.25) is 0 Å². The van der Waals surface area contributed by atoms with Crippen molar-refractivity contribution >= 4 is 0 Å². The maximum atomic E-state index is 11.7. The summed E-state index contributed by atoms with van der Waals surface area (Å²) in [6, 6.07) is 0.605. The van der Waals surface area contributed by atoms with E-state index in [1.54, 1.807) is 0 Å². The molecule has 0 radical (unpaired) electrons. The van der Waals surface area contributed by atoms with Gasteiger partial charge in [0.1, 0.15) is 6.10 Å².